The lowest BCUT2D eigenvalue weighted by Crippen LogP contribution is -2.59. The lowest BCUT2D eigenvalue weighted by atomic mass is 9.70. The number of likely N-dealkylation sites (tertiary alicyclic amines) is 1. The fourth-order valence-corrected chi connectivity index (χ4v) is 8.02. The normalized spacial score (nSPS) is 24.7. The van der Waals surface area contributed by atoms with Crippen LogP contribution in [-0.4, -0.2) is 88.7 Å². The lowest BCUT2D eigenvalue weighted by Gasteiger charge is -2.39. The topological polar surface area (TPSA) is 125 Å². The van der Waals surface area contributed by atoms with Gasteiger partial charge in [0.2, 0.25) is 17.7 Å². The largest absolute Gasteiger partial charge is 0.463 e. The summed E-state index contributed by atoms with van der Waals surface area (Å²) in [6, 6.07) is 16.4. The van der Waals surface area contributed by atoms with Crippen molar-refractivity contribution in [2.45, 2.75) is 88.1 Å². The number of nitrogens with zero attached hydrogens (tertiary/aromatic N) is 2. The molecule has 1 spiro atoms. The molecule has 0 saturated carbocycles. The maximum atomic E-state index is 14.8. The third kappa shape index (κ3) is 7.71. The first-order valence-electron chi connectivity index (χ1n) is 18.0. The second-order valence-corrected chi connectivity index (χ2v) is 13.6. The van der Waals surface area contributed by atoms with Crippen molar-refractivity contribution in [1.29, 1.82) is 0 Å². The van der Waals surface area contributed by atoms with Crippen molar-refractivity contribution in [3.63, 3.8) is 0 Å². The molecule has 0 aromatic heterocycles. The molecule has 0 radical (unpaired) electrons. The number of benzene rings is 2. The van der Waals surface area contributed by atoms with E-state index in [0.717, 1.165) is 30.4 Å². The van der Waals surface area contributed by atoms with Gasteiger partial charge in [0.25, 0.3) is 0 Å². The molecule has 2 aromatic carbocycles. The first-order chi connectivity index (χ1) is 24.3. The number of rotatable bonds is 19. The molecule has 268 valence electrons. The van der Waals surface area contributed by atoms with Crippen molar-refractivity contribution in [3.05, 3.63) is 97.1 Å². The van der Waals surface area contributed by atoms with Crippen LogP contribution in [0.1, 0.15) is 69.0 Å². The molecule has 0 aliphatic carbocycles. The summed E-state index contributed by atoms with van der Waals surface area (Å²) >= 11 is 0. The smallest absolute Gasteiger partial charge is 0.306 e. The van der Waals surface area contributed by atoms with E-state index in [-0.39, 0.29) is 31.4 Å². The molecule has 3 amide bonds. The van der Waals surface area contributed by atoms with Gasteiger partial charge >= 0.3 is 5.97 Å². The Hall–Kier alpha value is -4.28. The summed E-state index contributed by atoms with van der Waals surface area (Å²) in [4.78, 5) is 59.5. The monoisotopic (exact) mass is 685 g/mol. The summed E-state index contributed by atoms with van der Waals surface area (Å²) < 4.78 is 12.3. The predicted molar refractivity (Wildman–Crippen MR) is 189 cm³/mol. The van der Waals surface area contributed by atoms with Crippen LogP contribution in [0.2, 0.25) is 0 Å². The Balaban J connectivity index is 1.48. The minimum Gasteiger partial charge on any atom is -0.463 e. The first-order valence-corrected chi connectivity index (χ1v) is 18.0. The number of esters is 1. The highest BCUT2D eigenvalue weighted by Gasteiger charge is 2.75. The quantitative estimate of drug-likeness (QED) is 0.126. The minimum atomic E-state index is -1.23. The summed E-state index contributed by atoms with van der Waals surface area (Å²) in [6.07, 6.45) is 7.43. The maximum Gasteiger partial charge on any atom is 0.306 e. The van der Waals surface area contributed by atoms with Crippen LogP contribution in [0.25, 0.3) is 0 Å². The highest BCUT2D eigenvalue weighted by Crippen LogP contribution is 2.59. The molecule has 10 nitrogen and oxygen atoms in total. The highest BCUT2D eigenvalue weighted by molar-refractivity contribution is 5.99. The third-order valence-corrected chi connectivity index (χ3v) is 10.4. The first kappa shape index (κ1) is 37.0. The molecular weight excluding hydrogens is 634 g/mol. The van der Waals surface area contributed by atoms with Gasteiger partial charge in [-0.2, -0.15) is 0 Å². The molecule has 3 aliphatic heterocycles. The maximum absolute atomic E-state index is 14.8. The lowest BCUT2D eigenvalue weighted by molar-refractivity contribution is -0.151. The number of ether oxygens (including phenoxy) is 2. The summed E-state index contributed by atoms with van der Waals surface area (Å²) in [5, 5.41) is 13.9. The van der Waals surface area contributed by atoms with E-state index in [0.29, 0.717) is 38.8 Å². The van der Waals surface area contributed by atoms with Crippen molar-refractivity contribution in [2.24, 2.45) is 11.8 Å². The zero-order valence-electron chi connectivity index (χ0n) is 29.1. The zero-order chi connectivity index (χ0) is 35.7. The number of hydrogen-bond donors (Lipinski definition) is 2. The number of unbranched alkanes of at least 4 members (excludes halogenated alkanes) is 2. The van der Waals surface area contributed by atoms with Crippen molar-refractivity contribution >= 4 is 23.7 Å². The van der Waals surface area contributed by atoms with E-state index in [9.17, 15) is 24.3 Å². The Labute approximate surface area is 295 Å². The average Bonchev–Trinajstić information content (AvgIpc) is 3.79. The molecule has 2 bridgehead atoms. The third-order valence-electron chi connectivity index (χ3n) is 10.4. The van der Waals surface area contributed by atoms with Crippen LogP contribution in [0, 0.1) is 11.8 Å². The van der Waals surface area contributed by atoms with Gasteiger partial charge in [-0.25, -0.2) is 0 Å². The Morgan fingerprint density at radius 1 is 1.10 bits per heavy atom. The average molecular weight is 686 g/mol. The van der Waals surface area contributed by atoms with Crippen molar-refractivity contribution in [1.82, 2.24) is 15.1 Å². The SMILES string of the molecule is C=CCCC(=O)OC[C@H](NC(=O)[C@@H]1[C@H]2C(=O)N([C@@H](CO)Cc3ccccc3)[C@H](C(=O)N(CC=C)CCCCC)[C@]23CC[C@H]1O3)c1ccccc1. The summed E-state index contributed by atoms with van der Waals surface area (Å²) in [5.74, 6) is -3.20. The predicted octanol–water partition coefficient (Wildman–Crippen LogP) is 4.54. The summed E-state index contributed by atoms with van der Waals surface area (Å²) in [6.45, 7) is 10.00. The van der Waals surface area contributed by atoms with Crippen LogP contribution in [-0.2, 0) is 35.1 Å². The molecule has 5 rings (SSSR count). The molecule has 3 fully saturated rings. The second-order valence-electron chi connectivity index (χ2n) is 13.6. The Kier molecular flexibility index (Phi) is 12.6. The van der Waals surface area contributed by atoms with Crippen LogP contribution in [0.15, 0.2) is 86.0 Å². The Morgan fingerprint density at radius 3 is 2.48 bits per heavy atom. The van der Waals surface area contributed by atoms with Crippen LogP contribution < -0.4 is 5.32 Å². The van der Waals surface area contributed by atoms with E-state index in [2.05, 4.69) is 25.4 Å². The second kappa shape index (κ2) is 17.1. The zero-order valence-corrected chi connectivity index (χ0v) is 29.1. The standard InChI is InChI=1S/C40H51N3O7/c1-4-7-15-24-42(23-6-3)39(48)36-40-22-21-32(50-40)34(35(40)38(47)43(36)30(26-44)25-28-16-11-9-12-17-28)37(46)41-31(29-18-13-10-14-19-29)27-49-33(45)20-8-5-2/h5-6,9-14,16-19,30-32,34-36,44H,2-4,7-8,15,20-27H2,1H3,(H,41,46)/t30-,31+,32-,34+,35+,36-,40+/m1/s1. The Morgan fingerprint density at radius 2 is 1.82 bits per heavy atom. The molecule has 3 aliphatic rings. The van der Waals surface area contributed by atoms with Gasteiger partial charge in [0, 0.05) is 19.5 Å². The van der Waals surface area contributed by atoms with E-state index in [4.69, 9.17) is 9.47 Å². The van der Waals surface area contributed by atoms with Gasteiger partial charge in [0.15, 0.2) is 0 Å². The molecule has 2 N–H and O–H groups in total. The van der Waals surface area contributed by atoms with Crippen LogP contribution >= 0.6 is 0 Å². The van der Waals surface area contributed by atoms with Crippen molar-refractivity contribution < 1.29 is 33.8 Å². The molecule has 10 heteroatoms. The number of carbonyl (C=O) groups is 4. The number of carbonyl (C=O) groups excluding carboxylic acids is 4. The van der Waals surface area contributed by atoms with Crippen LogP contribution in [0.5, 0.6) is 0 Å². The van der Waals surface area contributed by atoms with E-state index in [1.54, 1.807) is 17.1 Å². The number of hydrogen-bond acceptors (Lipinski definition) is 7. The summed E-state index contributed by atoms with van der Waals surface area (Å²) in [5.41, 5.74) is 0.437. The Bertz CT molecular complexity index is 1500. The van der Waals surface area contributed by atoms with E-state index in [1.807, 2.05) is 60.7 Å². The van der Waals surface area contributed by atoms with Crippen molar-refractivity contribution in [3.8, 4) is 0 Å². The number of aliphatic hydroxyl groups is 1. The molecule has 0 unspecified atom stereocenters. The summed E-state index contributed by atoms with van der Waals surface area (Å²) in [7, 11) is 0. The number of nitrogens with one attached hydrogen (secondary N) is 1. The molecule has 3 saturated heterocycles. The number of allylic oxidation sites excluding steroid dienone is 1. The van der Waals surface area contributed by atoms with Gasteiger partial charge in [0.1, 0.15) is 18.2 Å². The van der Waals surface area contributed by atoms with Crippen LogP contribution in [0.4, 0.5) is 0 Å². The highest BCUT2D eigenvalue weighted by atomic mass is 16.5. The van der Waals surface area contributed by atoms with Gasteiger partial charge in [-0.1, -0.05) is 92.6 Å². The van der Waals surface area contributed by atoms with Gasteiger partial charge < -0.3 is 29.7 Å². The molecule has 3 heterocycles. The number of amides is 3. The molecule has 2 aromatic rings. The van der Waals surface area contributed by atoms with E-state index in [1.165, 1.54) is 4.90 Å². The van der Waals surface area contributed by atoms with Crippen molar-refractivity contribution in [2.75, 3.05) is 26.3 Å². The van der Waals surface area contributed by atoms with Gasteiger partial charge in [0.05, 0.1) is 36.6 Å². The van der Waals surface area contributed by atoms with Gasteiger partial charge in [-0.15, -0.1) is 13.2 Å². The molecular formula is C40H51N3O7. The van der Waals surface area contributed by atoms with E-state index >= 15 is 0 Å². The number of fused-ring (bicyclic) bond motifs is 1. The van der Waals surface area contributed by atoms with Gasteiger partial charge in [-0.3, -0.25) is 19.2 Å². The minimum absolute atomic E-state index is 0.0844. The van der Waals surface area contributed by atoms with E-state index < -0.39 is 53.5 Å². The fraction of sp³-hybridized carbons (Fsp3) is 0.500. The molecule has 50 heavy (non-hydrogen) atoms. The molecule has 7 atom stereocenters. The fourth-order valence-electron chi connectivity index (χ4n) is 8.02. The van der Waals surface area contributed by atoms with Crippen LogP contribution in [0.3, 0.4) is 0 Å². The number of aliphatic hydroxyl groups excluding tert-OH is 1. The van der Waals surface area contributed by atoms with Gasteiger partial charge in [-0.05, 0) is 43.2 Å².